The fourth-order valence-corrected chi connectivity index (χ4v) is 4.60. The van der Waals surface area contributed by atoms with E-state index in [-0.39, 0.29) is 17.5 Å². The summed E-state index contributed by atoms with van der Waals surface area (Å²) in [6, 6.07) is 13.6. The molecule has 0 aliphatic carbocycles. The molecule has 0 unspecified atom stereocenters. The third-order valence-corrected chi connectivity index (χ3v) is 6.47. The zero-order chi connectivity index (χ0) is 21.7. The minimum absolute atomic E-state index is 0.0143. The number of nitrogens with zero attached hydrogens (tertiary/aromatic N) is 1. The van der Waals surface area contributed by atoms with E-state index in [9.17, 15) is 13.2 Å². The van der Waals surface area contributed by atoms with Crippen LogP contribution in [0.15, 0.2) is 59.5 Å². The second kappa shape index (κ2) is 9.32. The zero-order valence-corrected chi connectivity index (χ0v) is 17.8. The van der Waals surface area contributed by atoms with E-state index >= 15 is 0 Å². The number of aliphatic carboxylic acids is 1. The molecule has 30 heavy (non-hydrogen) atoms. The fraction of sp³-hybridized carbons (Fsp3) is 0.318. The van der Waals surface area contributed by atoms with Gasteiger partial charge in [0.25, 0.3) is 0 Å². The van der Waals surface area contributed by atoms with E-state index < -0.39 is 22.6 Å². The topological polar surface area (TPSA) is 93.1 Å². The first-order chi connectivity index (χ1) is 14.3. The van der Waals surface area contributed by atoms with Crippen LogP contribution in [0.4, 0.5) is 0 Å². The molecule has 2 aromatic rings. The number of carboxylic acid groups (broad SMARTS) is 1. The first kappa shape index (κ1) is 21.9. The molecule has 1 aliphatic heterocycles. The zero-order valence-electron chi connectivity index (χ0n) is 16.9. The van der Waals surface area contributed by atoms with Crippen molar-refractivity contribution in [1.29, 1.82) is 0 Å². The van der Waals surface area contributed by atoms with E-state index in [1.165, 1.54) is 4.31 Å². The molecule has 2 aromatic carbocycles. The van der Waals surface area contributed by atoms with Crippen LogP contribution in [-0.4, -0.2) is 49.6 Å². The molecule has 0 bridgehead atoms. The van der Waals surface area contributed by atoms with Gasteiger partial charge in [0.1, 0.15) is 11.5 Å². The Kier molecular flexibility index (Phi) is 6.79. The maximum Gasteiger partial charge on any atom is 0.341 e. The number of ether oxygens (including phenoxy) is 2. The summed E-state index contributed by atoms with van der Waals surface area (Å²) in [4.78, 5) is 11.0. The lowest BCUT2D eigenvalue weighted by Gasteiger charge is -2.26. The van der Waals surface area contributed by atoms with E-state index in [1.54, 1.807) is 36.4 Å². The summed E-state index contributed by atoms with van der Waals surface area (Å²) in [5.74, 6) is 0.0513. The van der Waals surface area contributed by atoms with Crippen LogP contribution < -0.4 is 9.47 Å². The van der Waals surface area contributed by atoms with Crippen molar-refractivity contribution in [3.8, 4) is 11.5 Å². The number of carbonyl (C=O) groups is 1. The van der Waals surface area contributed by atoms with Gasteiger partial charge in [-0.3, -0.25) is 0 Å². The van der Waals surface area contributed by atoms with Crippen molar-refractivity contribution in [2.24, 2.45) is 0 Å². The third kappa shape index (κ3) is 5.20. The summed E-state index contributed by atoms with van der Waals surface area (Å²) >= 11 is 0. The van der Waals surface area contributed by atoms with E-state index in [0.29, 0.717) is 24.5 Å². The average Bonchev–Trinajstić information content (AvgIpc) is 2.72. The summed E-state index contributed by atoms with van der Waals surface area (Å²) in [6.07, 6.45) is 2.36. The number of carboxylic acids is 1. The summed E-state index contributed by atoms with van der Waals surface area (Å²) in [7, 11) is -3.62. The van der Waals surface area contributed by atoms with Gasteiger partial charge in [-0.15, -0.1) is 0 Å². The maximum atomic E-state index is 13.0. The van der Waals surface area contributed by atoms with Gasteiger partial charge in [0.15, 0.2) is 6.61 Å². The van der Waals surface area contributed by atoms with Crippen molar-refractivity contribution in [2.45, 2.75) is 31.3 Å². The molecule has 0 amide bonds. The Hall–Kier alpha value is -2.84. The van der Waals surface area contributed by atoms with E-state index in [4.69, 9.17) is 14.6 Å². The molecule has 160 valence electrons. The number of sulfonamides is 1. The van der Waals surface area contributed by atoms with Crippen LogP contribution in [0.25, 0.3) is 5.57 Å². The average molecular weight is 432 g/mol. The number of benzene rings is 2. The van der Waals surface area contributed by atoms with Gasteiger partial charge >= 0.3 is 5.97 Å². The lowest BCUT2D eigenvalue weighted by Crippen LogP contribution is -2.34. The minimum atomic E-state index is -3.62. The molecule has 0 spiro atoms. The third-order valence-electron chi connectivity index (χ3n) is 4.59. The molecule has 1 heterocycles. The lowest BCUT2D eigenvalue weighted by atomic mass is 9.99. The molecule has 3 rings (SSSR count). The van der Waals surface area contributed by atoms with Gasteiger partial charge in [-0.05, 0) is 56.2 Å². The van der Waals surface area contributed by atoms with Crippen LogP contribution in [0, 0.1) is 0 Å². The standard InChI is InChI=1S/C22H25NO6S/c1-16(2)29-18-7-9-19(10-8-18)30(26,27)23-13-11-17(12-14-23)20-5-3-4-6-21(20)28-15-22(24)25/h3-11,16H,12-15H2,1-2H3,(H,24,25). The molecule has 1 aliphatic rings. The van der Waals surface area contributed by atoms with Crippen LogP contribution in [0.1, 0.15) is 25.8 Å². The van der Waals surface area contributed by atoms with E-state index in [2.05, 4.69) is 0 Å². The second-order valence-electron chi connectivity index (χ2n) is 7.16. The van der Waals surface area contributed by atoms with Gasteiger partial charge in [0.2, 0.25) is 10.0 Å². The smallest absolute Gasteiger partial charge is 0.341 e. The predicted octanol–water partition coefficient (Wildman–Crippen LogP) is 3.42. The highest BCUT2D eigenvalue weighted by atomic mass is 32.2. The minimum Gasteiger partial charge on any atom is -0.491 e. The van der Waals surface area contributed by atoms with Crippen molar-refractivity contribution in [3.63, 3.8) is 0 Å². The van der Waals surface area contributed by atoms with E-state index in [0.717, 1.165) is 11.1 Å². The van der Waals surface area contributed by atoms with Gasteiger partial charge in [-0.25, -0.2) is 13.2 Å². The van der Waals surface area contributed by atoms with Crippen molar-refractivity contribution in [1.82, 2.24) is 4.31 Å². The van der Waals surface area contributed by atoms with Crippen molar-refractivity contribution < 1.29 is 27.8 Å². The number of para-hydroxylation sites is 1. The molecular formula is C22H25NO6S. The van der Waals surface area contributed by atoms with Gasteiger partial charge in [0, 0.05) is 18.7 Å². The van der Waals surface area contributed by atoms with E-state index in [1.807, 2.05) is 32.1 Å². The summed E-state index contributed by atoms with van der Waals surface area (Å²) < 4.78 is 38.3. The monoisotopic (exact) mass is 431 g/mol. The van der Waals surface area contributed by atoms with Crippen LogP contribution in [-0.2, 0) is 14.8 Å². The predicted molar refractivity (Wildman–Crippen MR) is 113 cm³/mol. The summed E-state index contributed by atoms with van der Waals surface area (Å²) in [5.41, 5.74) is 1.72. The Labute approximate surface area is 176 Å². The Morgan fingerprint density at radius 2 is 1.83 bits per heavy atom. The molecule has 0 saturated heterocycles. The molecule has 1 N–H and O–H groups in total. The SMILES string of the molecule is CC(C)Oc1ccc(S(=O)(=O)N2CC=C(c3ccccc3OCC(=O)O)CC2)cc1. The van der Waals surface area contributed by atoms with Crippen molar-refractivity contribution >= 4 is 21.6 Å². The van der Waals surface area contributed by atoms with Crippen LogP contribution >= 0.6 is 0 Å². The second-order valence-corrected chi connectivity index (χ2v) is 9.10. The number of hydrogen-bond acceptors (Lipinski definition) is 5. The summed E-state index contributed by atoms with van der Waals surface area (Å²) in [6.45, 7) is 3.95. The highest BCUT2D eigenvalue weighted by Crippen LogP contribution is 2.32. The van der Waals surface area contributed by atoms with Gasteiger partial charge in [-0.2, -0.15) is 4.31 Å². The molecule has 0 radical (unpaired) electrons. The summed E-state index contributed by atoms with van der Waals surface area (Å²) in [5, 5.41) is 8.85. The maximum absolute atomic E-state index is 13.0. The molecule has 8 heteroatoms. The van der Waals surface area contributed by atoms with Gasteiger partial charge in [0.05, 0.1) is 11.0 Å². The molecule has 0 atom stereocenters. The number of hydrogen-bond donors (Lipinski definition) is 1. The lowest BCUT2D eigenvalue weighted by molar-refractivity contribution is -0.139. The highest BCUT2D eigenvalue weighted by Gasteiger charge is 2.27. The van der Waals surface area contributed by atoms with Crippen LogP contribution in [0.2, 0.25) is 0 Å². The van der Waals surface area contributed by atoms with Crippen LogP contribution in [0.5, 0.6) is 11.5 Å². The first-order valence-electron chi connectivity index (χ1n) is 9.67. The van der Waals surface area contributed by atoms with Crippen molar-refractivity contribution in [3.05, 3.63) is 60.2 Å². The Morgan fingerprint density at radius 3 is 2.43 bits per heavy atom. The Balaban J connectivity index is 1.75. The first-order valence-corrected chi connectivity index (χ1v) is 11.1. The highest BCUT2D eigenvalue weighted by molar-refractivity contribution is 7.89. The van der Waals surface area contributed by atoms with Gasteiger partial charge in [-0.1, -0.05) is 24.3 Å². The Bertz CT molecular complexity index is 1030. The molecule has 0 fully saturated rings. The molecule has 7 nitrogen and oxygen atoms in total. The molecular weight excluding hydrogens is 406 g/mol. The largest absolute Gasteiger partial charge is 0.491 e. The molecule has 0 aromatic heterocycles. The molecule has 0 saturated carbocycles. The Morgan fingerprint density at radius 1 is 1.13 bits per heavy atom. The van der Waals surface area contributed by atoms with Gasteiger partial charge < -0.3 is 14.6 Å². The normalized spacial score (nSPS) is 15.0. The fourth-order valence-electron chi connectivity index (χ4n) is 3.22. The van der Waals surface area contributed by atoms with Crippen LogP contribution in [0.3, 0.4) is 0 Å². The quantitative estimate of drug-likeness (QED) is 0.688. The number of rotatable bonds is 8. The van der Waals surface area contributed by atoms with Crippen molar-refractivity contribution in [2.75, 3.05) is 19.7 Å².